The largest absolute Gasteiger partial charge is 0.494 e. The quantitative estimate of drug-likeness (QED) is 0.0555. The topological polar surface area (TPSA) is 214 Å². The summed E-state index contributed by atoms with van der Waals surface area (Å²) in [7, 11) is 3.24. The fourth-order valence-electron chi connectivity index (χ4n) is 14.9. The van der Waals surface area contributed by atoms with Crippen molar-refractivity contribution in [3.05, 3.63) is 145 Å². The highest BCUT2D eigenvalue weighted by Gasteiger charge is 2.45. The predicted molar refractivity (Wildman–Crippen MR) is 369 cm³/mol. The van der Waals surface area contributed by atoms with Crippen molar-refractivity contribution in [3.8, 4) is 11.5 Å². The molecule has 10 heterocycles. The number of piperidine rings is 3. The average Bonchev–Trinajstić information content (AvgIpc) is 0.823. The number of anilines is 10. The van der Waals surface area contributed by atoms with Crippen molar-refractivity contribution in [2.24, 2.45) is 0 Å². The molecule has 4 N–H and O–H groups in total. The number of nitrogens with zero attached hydrogens (tertiary/aromatic N) is 12. The molecule has 2 aromatic heterocycles. The number of ether oxygens (including phenoxy) is 2. The van der Waals surface area contributed by atoms with Crippen LogP contribution in [0.25, 0.3) is 0 Å². The van der Waals surface area contributed by atoms with Gasteiger partial charge in [0.05, 0.1) is 73.6 Å². The lowest BCUT2D eigenvalue weighted by Crippen LogP contribution is -2.70. The third-order valence-electron chi connectivity index (χ3n) is 19.7. The Bertz CT molecular complexity index is 3750. The molecule has 8 saturated heterocycles. The number of fused-ring (bicyclic) bond motifs is 2. The Balaban J connectivity index is 0.000000183. The Morgan fingerprint density at radius 3 is 1.42 bits per heavy atom. The molecule has 2 unspecified atom stereocenters. The number of methoxy groups -OCH3 is 2. The summed E-state index contributed by atoms with van der Waals surface area (Å²) < 4.78 is 40.2. The molecule has 25 heteroatoms. The standard InChI is InChI=1S/C36H45FN8O3.C35H43FN8O4/c1-5-36(46)41-29-17-30(40-34-19-35(39-22-38-34)45-31(9-12-48-45)24-13-23(3)14-25(37)15-24)33(47-4)18-32(29)42-10-7-26(8-11-42)43-20-27-16-28(21-43)44(27)6-2;1-5-35(46)40-28-19-29(32(47-4)20-31(28)43-9-6-27(7-10-43)42-13-11-41(12-14-42)24(3)45)39-33-21-34(38-22-37-33)44-30(8-15-48-44)25-16-23(2)17-26(36)18-25/h5,13-15,17-19,22,26-28,31H,1,6-12,16,20-21H2,2-4H3,(H,41,46)(H,38,39,40);5,16-22,27,30H,1,6-15H2,2-4H3,(H,40,46)(H,37,38,39)/t27?,28?,31-;30-/m11/s1. The number of nitrogens with one attached hydrogen (secondary N) is 4. The van der Waals surface area contributed by atoms with Gasteiger partial charge in [-0.15, -0.1) is 0 Å². The van der Waals surface area contributed by atoms with Crippen molar-refractivity contribution >= 4 is 75.1 Å². The molecular weight excluding hydrogens is 1230 g/mol. The molecule has 6 aromatic rings. The highest BCUT2D eigenvalue weighted by Crippen LogP contribution is 2.44. The Morgan fingerprint density at radius 1 is 0.562 bits per heavy atom. The second-order valence-electron chi connectivity index (χ2n) is 25.7. The van der Waals surface area contributed by atoms with Gasteiger partial charge in [-0.1, -0.05) is 32.2 Å². The first-order valence-corrected chi connectivity index (χ1v) is 33.4. The number of carbonyl (C=O) groups excluding carboxylic acids is 3. The summed E-state index contributed by atoms with van der Waals surface area (Å²) in [6, 6.07) is 23.3. The molecule has 3 amide bonds. The van der Waals surface area contributed by atoms with E-state index in [-0.39, 0.29) is 41.4 Å². The van der Waals surface area contributed by atoms with E-state index in [1.165, 1.54) is 62.5 Å². The SMILES string of the molecule is C=CC(=O)Nc1cc(Nc2cc(N3OCC[C@@H]3c3cc(C)cc(F)c3)ncn2)c(OC)cc1N1CCC(N2CC3CC(C2)N3CC)CC1.C=CC(=O)Nc1cc(Nc2cc(N3OCC[C@@H]3c3cc(C)cc(F)c3)ncn2)c(OC)cc1N1CCC(N2CCN(C(C)=O)CC2)CC1. The van der Waals surface area contributed by atoms with Crippen molar-refractivity contribution in [3.63, 3.8) is 0 Å². The number of aryl methyl sites for hydroxylation is 2. The molecule has 8 aliphatic heterocycles. The number of carbonyl (C=O) groups is 3. The van der Waals surface area contributed by atoms with Gasteiger partial charge in [0.1, 0.15) is 47.4 Å². The fourth-order valence-corrected chi connectivity index (χ4v) is 14.9. The van der Waals surface area contributed by atoms with Gasteiger partial charge in [0.15, 0.2) is 11.6 Å². The molecule has 14 rings (SSSR count). The maximum Gasteiger partial charge on any atom is 0.247 e. The molecule has 0 radical (unpaired) electrons. The lowest BCUT2D eigenvalue weighted by atomic mass is 9.85. The molecule has 0 aliphatic carbocycles. The smallest absolute Gasteiger partial charge is 0.247 e. The van der Waals surface area contributed by atoms with Gasteiger partial charge in [0.25, 0.3) is 0 Å². The van der Waals surface area contributed by atoms with Gasteiger partial charge in [0.2, 0.25) is 17.7 Å². The molecule has 0 saturated carbocycles. The maximum atomic E-state index is 14.3. The Morgan fingerprint density at radius 2 is 1.01 bits per heavy atom. The third-order valence-corrected chi connectivity index (χ3v) is 19.7. The molecule has 23 nitrogen and oxygen atoms in total. The van der Waals surface area contributed by atoms with E-state index in [1.54, 1.807) is 49.5 Å². The van der Waals surface area contributed by atoms with Crippen molar-refractivity contribution < 1.29 is 42.3 Å². The zero-order valence-corrected chi connectivity index (χ0v) is 55.7. The molecular formula is C71H88F2N16O7. The zero-order chi connectivity index (χ0) is 67.1. The molecule has 4 aromatic carbocycles. The van der Waals surface area contributed by atoms with Gasteiger partial charge in [-0.2, -0.15) is 0 Å². The van der Waals surface area contributed by atoms with E-state index < -0.39 is 0 Å². The van der Waals surface area contributed by atoms with Gasteiger partial charge in [-0.25, -0.2) is 38.8 Å². The normalized spacial score (nSPS) is 21.0. The lowest BCUT2D eigenvalue weighted by Gasteiger charge is -2.58. The van der Waals surface area contributed by atoms with Crippen LogP contribution in [0.2, 0.25) is 0 Å². The Labute approximate surface area is 560 Å². The predicted octanol–water partition coefficient (Wildman–Crippen LogP) is 10.2. The van der Waals surface area contributed by atoms with E-state index in [1.807, 2.05) is 55.1 Å². The van der Waals surface area contributed by atoms with Gasteiger partial charge in [-0.3, -0.25) is 38.8 Å². The minimum Gasteiger partial charge on any atom is -0.494 e. The lowest BCUT2D eigenvalue weighted by molar-refractivity contribution is -0.131. The number of benzene rings is 4. The van der Waals surface area contributed by atoms with E-state index in [0.717, 1.165) is 118 Å². The molecule has 8 fully saturated rings. The van der Waals surface area contributed by atoms with Gasteiger partial charge >= 0.3 is 0 Å². The molecule has 8 aliphatic rings. The number of piperazine rings is 2. The summed E-state index contributed by atoms with van der Waals surface area (Å²) in [6.07, 6.45) is 12.2. The summed E-state index contributed by atoms with van der Waals surface area (Å²) in [6.45, 7) is 26.1. The molecule has 4 atom stereocenters. The number of hydroxylamine groups is 2. The number of hydrogen-bond acceptors (Lipinski definition) is 20. The van der Waals surface area contributed by atoms with Crippen molar-refractivity contribution in [1.29, 1.82) is 0 Å². The van der Waals surface area contributed by atoms with Crippen molar-refractivity contribution in [1.82, 2.24) is 39.5 Å². The van der Waals surface area contributed by atoms with E-state index in [9.17, 15) is 23.2 Å². The van der Waals surface area contributed by atoms with Crippen molar-refractivity contribution in [2.75, 3.05) is 141 Å². The second kappa shape index (κ2) is 30.0. The van der Waals surface area contributed by atoms with Crippen LogP contribution in [0.1, 0.15) is 93.1 Å². The summed E-state index contributed by atoms with van der Waals surface area (Å²) in [4.78, 5) is 81.0. The first-order chi connectivity index (χ1) is 46.5. The number of hydrogen-bond donors (Lipinski definition) is 4. The zero-order valence-electron chi connectivity index (χ0n) is 55.7. The van der Waals surface area contributed by atoms with Crippen LogP contribution in [0, 0.1) is 25.5 Å². The molecule has 0 spiro atoms. The first kappa shape index (κ1) is 67.0. The van der Waals surface area contributed by atoms with Crippen LogP contribution in [0.5, 0.6) is 11.5 Å². The summed E-state index contributed by atoms with van der Waals surface area (Å²) in [5.74, 6) is 2.23. The van der Waals surface area contributed by atoms with Crippen LogP contribution in [-0.2, 0) is 24.1 Å². The van der Waals surface area contributed by atoms with E-state index in [4.69, 9.17) is 19.1 Å². The monoisotopic (exact) mass is 1310 g/mol. The van der Waals surface area contributed by atoms with Gasteiger partial charge in [0, 0.05) is 134 Å². The van der Waals surface area contributed by atoms with Gasteiger partial charge in [-0.05, 0) is 123 Å². The minimum absolute atomic E-state index is 0.135. The molecule has 2 bridgehead atoms. The first-order valence-electron chi connectivity index (χ1n) is 33.4. The third kappa shape index (κ3) is 15.1. The number of rotatable bonds is 19. The summed E-state index contributed by atoms with van der Waals surface area (Å²) in [5.41, 5.74) is 7.62. The second-order valence-corrected chi connectivity index (χ2v) is 25.7. The van der Waals surface area contributed by atoms with Crippen LogP contribution in [0.4, 0.5) is 66.2 Å². The van der Waals surface area contributed by atoms with Crippen LogP contribution in [-0.4, -0.2) is 181 Å². The highest BCUT2D eigenvalue weighted by atomic mass is 19.1. The van der Waals surface area contributed by atoms with Crippen LogP contribution in [0.15, 0.2) is 111 Å². The van der Waals surface area contributed by atoms with E-state index in [2.05, 4.69) is 85.8 Å². The van der Waals surface area contributed by atoms with E-state index in [0.29, 0.717) is 108 Å². The minimum atomic E-state index is -0.320. The van der Waals surface area contributed by atoms with Crippen LogP contribution in [0.3, 0.4) is 0 Å². The van der Waals surface area contributed by atoms with E-state index >= 15 is 0 Å². The number of amides is 3. The number of likely N-dealkylation sites (N-methyl/N-ethyl adjacent to an activating group) is 1. The highest BCUT2D eigenvalue weighted by molar-refractivity contribution is 6.03. The number of aromatic nitrogens is 4. The van der Waals surface area contributed by atoms with Crippen molar-refractivity contribution in [2.45, 2.75) is 109 Å². The van der Waals surface area contributed by atoms with Gasteiger partial charge < -0.3 is 45.4 Å². The fraction of sp³-hybridized carbons (Fsp3) is 0.451. The van der Waals surface area contributed by atoms with Crippen LogP contribution < -0.4 is 50.7 Å². The Kier molecular flexibility index (Phi) is 20.9. The average molecular weight is 1320 g/mol. The molecule has 96 heavy (non-hydrogen) atoms. The maximum absolute atomic E-state index is 14.3. The molecule has 508 valence electrons. The summed E-state index contributed by atoms with van der Waals surface area (Å²) >= 11 is 0. The number of halogens is 2. The Hall–Kier alpha value is -9.01. The van der Waals surface area contributed by atoms with Crippen LogP contribution >= 0.6 is 0 Å². The summed E-state index contributed by atoms with van der Waals surface area (Å²) in [5, 5.41) is 16.1.